The van der Waals surface area contributed by atoms with Crippen molar-refractivity contribution in [3.8, 4) is 5.75 Å². The first-order valence-electron chi connectivity index (χ1n) is 9.38. The van der Waals surface area contributed by atoms with Crippen molar-refractivity contribution >= 4 is 21.6 Å². The van der Waals surface area contributed by atoms with Gasteiger partial charge in [0.1, 0.15) is 5.75 Å². The molecular weight excluding hydrogens is 400 g/mol. The zero-order valence-corrected chi connectivity index (χ0v) is 17.9. The predicted molar refractivity (Wildman–Crippen MR) is 117 cm³/mol. The Labute approximate surface area is 177 Å². The van der Waals surface area contributed by atoms with Crippen molar-refractivity contribution in [2.24, 2.45) is 0 Å². The van der Waals surface area contributed by atoms with Crippen LogP contribution in [-0.4, -0.2) is 28.5 Å². The molecule has 0 saturated carbocycles. The van der Waals surface area contributed by atoms with Crippen LogP contribution in [0, 0.1) is 6.92 Å². The number of nitrogens with zero attached hydrogens (tertiary/aromatic N) is 1. The van der Waals surface area contributed by atoms with Gasteiger partial charge in [0, 0.05) is 24.7 Å². The highest BCUT2D eigenvalue weighted by atomic mass is 32.2. The van der Waals surface area contributed by atoms with Crippen LogP contribution < -0.4 is 14.4 Å². The van der Waals surface area contributed by atoms with Gasteiger partial charge in [-0.2, -0.15) is 0 Å². The number of ether oxygens (including phenoxy) is 1. The van der Waals surface area contributed by atoms with Crippen LogP contribution in [0.1, 0.15) is 21.5 Å². The fourth-order valence-corrected chi connectivity index (χ4v) is 4.28. The van der Waals surface area contributed by atoms with E-state index in [4.69, 9.17) is 4.74 Å². The third-order valence-electron chi connectivity index (χ3n) is 4.75. The molecule has 0 aliphatic rings. The summed E-state index contributed by atoms with van der Waals surface area (Å²) in [6.07, 6.45) is 0. The molecule has 156 valence electrons. The first-order valence-corrected chi connectivity index (χ1v) is 10.8. The van der Waals surface area contributed by atoms with Gasteiger partial charge in [-0.3, -0.25) is 9.10 Å². The number of nitrogens with one attached hydrogen (secondary N) is 1. The maximum atomic E-state index is 13.1. The van der Waals surface area contributed by atoms with E-state index in [0.29, 0.717) is 11.4 Å². The summed E-state index contributed by atoms with van der Waals surface area (Å²) < 4.78 is 32.6. The normalized spacial score (nSPS) is 11.0. The molecule has 0 aliphatic heterocycles. The molecule has 0 unspecified atom stereocenters. The lowest BCUT2D eigenvalue weighted by Crippen LogP contribution is -2.27. The smallest absolute Gasteiger partial charge is 0.264 e. The van der Waals surface area contributed by atoms with Crippen molar-refractivity contribution in [3.63, 3.8) is 0 Å². The van der Waals surface area contributed by atoms with Crippen molar-refractivity contribution in [2.75, 3.05) is 18.5 Å². The van der Waals surface area contributed by atoms with E-state index in [-0.39, 0.29) is 22.9 Å². The summed E-state index contributed by atoms with van der Waals surface area (Å²) in [6, 6.07) is 20.6. The molecule has 0 saturated heterocycles. The number of carbonyl (C=O) groups is 1. The quantitative estimate of drug-likeness (QED) is 0.627. The molecule has 0 atom stereocenters. The molecule has 0 bridgehead atoms. The van der Waals surface area contributed by atoms with Crippen LogP contribution in [0.2, 0.25) is 0 Å². The minimum absolute atomic E-state index is 0.0523. The Morgan fingerprint density at radius 1 is 1.00 bits per heavy atom. The van der Waals surface area contributed by atoms with Gasteiger partial charge >= 0.3 is 0 Å². The maximum absolute atomic E-state index is 13.1. The van der Waals surface area contributed by atoms with E-state index in [1.807, 2.05) is 37.3 Å². The van der Waals surface area contributed by atoms with Crippen molar-refractivity contribution in [1.29, 1.82) is 0 Å². The van der Waals surface area contributed by atoms with Crippen molar-refractivity contribution in [1.82, 2.24) is 5.32 Å². The van der Waals surface area contributed by atoms with E-state index in [0.717, 1.165) is 11.1 Å². The topological polar surface area (TPSA) is 75.7 Å². The number of aryl methyl sites for hydroxylation is 1. The summed E-state index contributed by atoms with van der Waals surface area (Å²) in [5.74, 6) is 0.310. The van der Waals surface area contributed by atoms with Crippen molar-refractivity contribution in [2.45, 2.75) is 18.4 Å². The molecule has 0 aliphatic carbocycles. The molecule has 3 aromatic rings. The highest BCUT2D eigenvalue weighted by molar-refractivity contribution is 7.92. The molecule has 0 spiro atoms. The SMILES string of the molecule is COc1ccccc1CNC(=O)c1cccc(S(=O)(=O)N(C)c2cccc(C)c2)c1. The minimum atomic E-state index is -3.81. The molecule has 1 amide bonds. The second-order valence-corrected chi connectivity index (χ2v) is 8.80. The number of hydrogen-bond acceptors (Lipinski definition) is 4. The number of carbonyl (C=O) groups excluding carboxylic acids is 1. The molecule has 7 heteroatoms. The lowest BCUT2D eigenvalue weighted by Gasteiger charge is -2.20. The highest BCUT2D eigenvalue weighted by Crippen LogP contribution is 2.23. The van der Waals surface area contributed by atoms with Gasteiger partial charge < -0.3 is 10.1 Å². The monoisotopic (exact) mass is 424 g/mol. The van der Waals surface area contributed by atoms with Gasteiger partial charge in [0.2, 0.25) is 0 Å². The van der Waals surface area contributed by atoms with Crippen LogP contribution in [0.15, 0.2) is 77.7 Å². The van der Waals surface area contributed by atoms with Gasteiger partial charge in [-0.25, -0.2) is 8.42 Å². The fraction of sp³-hybridized carbons (Fsp3) is 0.174. The number of methoxy groups -OCH3 is 1. The minimum Gasteiger partial charge on any atom is -0.496 e. The summed E-state index contributed by atoms with van der Waals surface area (Å²) in [5, 5.41) is 2.81. The largest absolute Gasteiger partial charge is 0.496 e. The zero-order valence-electron chi connectivity index (χ0n) is 17.1. The Hall–Kier alpha value is -3.32. The molecule has 0 radical (unpaired) electrons. The Kier molecular flexibility index (Phi) is 6.42. The van der Waals surface area contributed by atoms with Gasteiger partial charge in [-0.1, -0.05) is 36.4 Å². The van der Waals surface area contributed by atoms with Gasteiger partial charge in [0.25, 0.3) is 15.9 Å². The van der Waals surface area contributed by atoms with Gasteiger partial charge in [-0.15, -0.1) is 0 Å². The third-order valence-corrected chi connectivity index (χ3v) is 6.53. The lowest BCUT2D eigenvalue weighted by molar-refractivity contribution is 0.0950. The molecule has 0 heterocycles. The van der Waals surface area contributed by atoms with E-state index in [1.165, 1.54) is 23.5 Å². The summed E-state index contributed by atoms with van der Waals surface area (Å²) in [4.78, 5) is 12.7. The van der Waals surface area contributed by atoms with Crippen LogP contribution in [0.5, 0.6) is 5.75 Å². The van der Waals surface area contributed by atoms with E-state index < -0.39 is 10.0 Å². The number of anilines is 1. The van der Waals surface area contributed by atoms with Crippen LogP contribution >= 0.6 is 0 Å². The standard InChI is InChI=1S/C23H24N2O4S/c1-17-8-6-11-20(14-17)25(2)30(27,28)21-12-7-10-18(15-21)23(26)24-16-19-9-4-5-13-22(19)29-3/h4-15H,16H2,1-3H3,(H,24,26). The van der Waals surface area contributed by atoms with Crippen LogP contribution in [0.4, 0.5) is 5.69 Å². The molecule has 30 heavy (non-hydrogen) atoms. The van der Waals surface area contributed by atoms with E-state index in [1.54, 1.807) is 37.4 Å². The average molecular weight is 425 g/mol. The maximum Gasteiger partial charge on any atom is 0.264 e. The van der Waals surface area contributed by atoms with Crippen LogP contribution in [0.25, 0.3) is 0 Å². The number of hydrogen-bond donors (Lipinski definition) is 1. The summed E-state index contributed by atoms with van der Waals surface area (Å²) in [7, 11) is -0.742. The van der Waals surface area contributed by atoms with Crippen molar-refractivity contribution < 1.29 is 17.9 Å². The van der Waals surface area contributed by atoms with E-state index >= 15 is 0 Å². The van der Waals surface area contributed by atoms with E-state index in [2.05, 4.69) is 5.32 Å². The number of para-hydroxylation sites is 1. The highest BCUT2D eigenvalue weighted by Gasteiger charge is 2.22. The molecule has 0 aromatic heterocycles. The van der Waals surface area contributed by atoms with Gasteiger partial charge in [-0.05, 0) is 48.9 Å². The third kappa shape index (κ3) is 4.63. The van der Waals surface area contributed by atoms with Gasteiger partial charge in [0.05, 0.1) is 17.7 Å². The summed E-state index contributed by atoms with van der Waals surface area (Å²) >= 11 is 0. The van der Waals surface area contributed by atoms with Crippen molar-refractivity contribution in [3.05, 3.63) is 89.5 Å². The fourth-order valence-electron chi connectivity index (χ4n) is 3.05. The second kappa shape index (κ2) is 9.00. The Bertz CT molecular complexity index is 1160. The zero-order chi connectivity index (χ0) is 21.7. The first kappa shape index (κ1) is 21.4. The number of rotatable bonds is 7. The number of sulfonamides is 1. The van der Waals surface area contributed by atoms with E-state index in [9.17, 15) is 13.2 Å². The predicted octanol–water partition coefficient (Wildman–Crippen LogP) is 3.76. The molecule has 1 N–H and O–H groups in total. The molecule has 3 rings (SSSR count). The Balaban J connectivity index is 1.80. The molecule has 6 nitrogen and oxygen atoms in total. The second-order valence-electron chi connectivity index (χ2n) is 6.83. The molecule has 0 fully saturated rings. The summed E-state index contributed by atoms with van der Waals surface area (Å²) in [6.45, 7) is 2.17. The molecular formula is C23H24N2O4S. The molecule has 3 aromatic carbocycles. The van der Waals surface area contributed by atoms with Gasteiger partial charge in [0.15, 0.2) is 0 Å². The average Bonchev–Trinajstić information content (AvgIpc) is 2.77. The number of amides is 1. The van der Waals surface area contributed by atoms with Crippen LogP contribution in [0.3, 0.4) is 0 Å². The lowest BCUT2D eigenvalue weighted by atomic mass is 10.2. The Morgan fingerprint density at radius 2 is 1.73 bits per heavy atom. The van der Waals surface area contributed by atoms with Crippen LogP contribution in [-0.2, 0) is 16.6 Å². The Morgan fingerprint density at radius 3 is 2.47 bits per heavy atom. The number of benzene rings is 3. The summed E-state index contributed by atoms with van der Waals surface area (Å²) in [5.41, 5.74) is 2.61. The first-order chi connectivity index (χ1) is 14.3.